The number of carbonyl (C=O) groups is 2. The molecule has 0 fully saturated rings. The maximum Gasteiger partial charge on any atom is 0.196 e. The number of benzene rings is 3. The number of hydrogen-bond acceptors (Lipinski definition) is 6. The van der Waals surface area contributed by atoms with E-state index < -0.39 is 0 Å². The van der Waals surface area contributed by atoms with Gasteiger partial charge in [0.1, 0.15) is 0 Å². The van der Waals surface area contributed by atoms with Crippen LogP contribution in [0.2, 0.25) is 0 Å². The summed E-state index contributed by atoms with van der Waals surface area (Å²) in [5.41, 5.74) is 9.72. The minimum Gasteiger partial charge on any atom is -0.397 e. The van der Waals surface area contributed by atoms with Crippen molar-refractivity contribution in [2.45, 2.75) is 24.7 Å². The van der Waals surface area contributed by atoms with Crippen LogP contribution in [0.15, 0.2) is 59.5 Å². The molecule has 29 heavy (non-hydrogen) atoms. The highest BCUT2D eigenvalue weighted by molar-refractivity contribution is 7.94. The van der Waals surface area contributed by atoms with E-state index in [1.807, 2.05) is 24.3 Å². The van der Waals surface area contributed by atoms with Gasteiger partial charge in [0, 0.05) is 28.9 Å². The fourth-order valence-corrected chi connectivity index (χ4v) is 3.95. The Bertz CT molecular complexity index is 1140. The molecular formula is C23H20N2O3S. The second-order valence-corrected chi connectivity index (χ2v) is 7.91. The van der Waals surface area contributed by atoms with Gasteiger partial charge in [0.05, 0.1) is 27.4 Å². The van der Waals surface area contributed by atoms with E-state index in [0.29, 0.717) is 39.7 Å². The number of carbonyl (C=O) groups excluding carboxylic acids is 2. The maximum absolute atomic E-state index is 13.2. The lowest BCUT2D eigenvalue weighted by Gasteiger charge is -2.23. The summed E-state index contributed by atoms with van der Waals surface area (Å²) >= 11 is 0.455. The number of rotatable bonds is 4. The number of nitrogen functional groups attached to an aromatic ring is 1. The van der Waals surface area contributed by atoms with Crippen molar-refractivity contribution in [3.63, 3.8) is 0 Å². The van der Waals surface area contributed by atoms with Gasteiger partial charge < -0.3 is 15.6 Å². The van der Waals surface area contributed by atoms with Gasteiger partial charge in [0.15, 0.2) is 11.6 Å². The molecule has 0 saturated heterocycles. The van der Waals surface area contributed by atoms with E-state index in [9.17, 15) is 14.1 Å². The summed E-state index contributed by atoms with van der Waals surface area (Å²) < 4.78 is 9.67. The smallest absolute Gasteiger partial charge is 0.196 e. The zero-order valence-corrected chi connectivity index (χ0v) is 16.8. The second-order valence-electron chi connectivity index (χ2n) is 7.28. The van der Waals surface area contributed by atoms with Gasteiger partial charge in [0.2, 0.25) is 0 Å². The molecular weight excluding hydrogens is 384 g/mol. The molecule has 0 spiro atoms. The second kappa shape index (κ2) is 7.39. The van der Waals surface area contributed by atoms with Gasteiger partial charge in [-0.05, 0) is 29.7 Å². The molecule has 5 nitrogen and oxygen atoms in total. The molecule has 0 saturated carbocycles. The standard InChI is InChI=1S/C23H20N2O3S/c1-12(2)13-7-9-14(10-8-13)25-17-11-18(29-28)21(24)20-19(17)22(26)15-5-3-4-6-16(15)23(20)27/h3-12,25,28H,24H2,1-2H3. The monoisotopic (exact) mass is 404 g/mol. The van der Waals surface area contributed by atoms with Crippen molar-refractivity contribution >= 4 is 40.7 Å². The average Bonchev–Trinajstić information content (AvgIpc) is 2.73. The summed E-state index contributed by atoms with van der Waals surface area (Å²) in [4.78, 5) is 26.7. The summed E-state index contributed by atoms with van der Waals surface area (Å²) in [5, 5.41) is 3.23. The SMILES string of the molecule is CC(C)c1ccc(Nc2cc(SO)c(N)c3c2C(=O)c2ccccc2C3=O)cc1. The fourth-order valence-electron chi connectivity index (χ4n) is 3.57. The third kappa shape index (κ3) is 3.20. The Labute approximate surface area is 173 Å². The molecule has 3 aromatic rings. The molecule has 4 N–H and O–H groups in total. The van der Waals surface area contributed by atoms with E-state index in [2.05, 4.69) is 19.2 Å². The lowest BCUT2D eigenvalue weighted by atomic mass is 9.82. The molecule has 146 valence electrons. The highest BCUT2D eigenvalue weighted by Crippen LogP contribution is 2.41. The Hall–Kier alpha value is -3.09. The van der Waals surface area contributed by atoms with Crippen LogP contribution in [0.3, 0.4) is 0 Å². The van der Waals surface area contributed by atoms with Crippen molar-refractivity contribution in [1.82, 2.24) is 0 Å². The highest BCUT2D eigenvalue weighted by Gasteiger charge is 2.34. The predicted molar refractivity (Wildman–Crippen MR) is 116 cm³/mol. The van der Waals surface area contributed by atoms with E-state index in [0.717, 1.165) is 5.69 Å². The largest absolute Gasteiger partial charge is 0.397 e. The molecule has 0 aromatic heterocycles. The molecule has 0 unspecified atom stereocenters. The van der Waals surface area contributed by atoms with Gasteiger partial charge in [-0.1, -0.05) is 50.2 Å². The third-order valence-corrected chi connectivity index (χ3v) is 5.69. The third-order valence-electron chi connectivity index (χ3n) is 5.15. The Morgan fingerprint density at radius 3 is 2.07 bits per heavy atom. The van der Waals surface area contributed by atoms with Crippen LogP contribution in [0.1, 0.15) is 57.2 Å². The van der Waals surface area contributed by atoms with E-state index in [4.69, 9.17) is 5.73 Å². The van der Waals surface area contributed by atoms with Crippen molar-refractivity contribution in [2.24, 2.45) is 0 Å². The minimum absolute atomic E-state index is 0.112. The molecule has 0 amide bonds. The van der Waals surface area contributed by atoms with Crippen LogP contribution < -0.4 is 11.1 Å². The van der Waals surface area contributed by atoms with Crippen LogP contribution in [-0.2, 0) is 0 Å². The van der Waals surface area contributed by atoms with Gasteiger partial charge in [-0.2, -0.15) is 0 Å². The minimum atomic E-state index is -0.318. The Kier molecular flexibility index (Phi) is 4.90. The number of ketones is 2. The molecule has 0 aliphatic heterocycles. The van der Waals surface area contributed by atoms with E-state index in [1.165, 1.54) is 5.56 Å². The first-order valence-corrected chi connectivity index (χ1v) is 10.0. The van der Waals surface area contributed by atoms with Crippen LogP contribution >= 0.6 is 12.0 Å². The first-order valence-electron chi connectivity index (χ1n) is 9.25. The zero-order chi connectivity index (χ0) is 20.7. The Morgan fingerprint density at radius 2 is 1.52 bits per heavy atom. The number of anilines is 3. The summed E-state index contributed by atoms with van der Waals surface area (Å²) in [6, 6.07) is 16.2. The van der Waals surface area contributed by atoms with Crippen LogP contribution in [0.5, 0.6) is 0 Å². The number of hydrogen-bond donors (Lipinski definition) is 3. The highest BCUT2D eigenvalue weighted by atomic mass is 32.2. The van der Waals surface area contributed by atoms with Crippen molar-refractivity contribution < 1.29 is 14.1 Å². The van der Waals surface area contributed by atoms with Crippen molar-refractivity contribution in [3.05, 3.63) is 82.4 Å². The van der Waals surface area contributed by atoms with Crippen molar-refractivity contribution in [3.8, 4) is 0 Å². The molecule has 3 aromatic carbocycles. The van der Waals surface area contributed by atoms with E-state index in [-0.39, 0.29) is 28.4 Å². The first kappa shape index (κ1) is 19.2. The van der Waals surface area contributed by atoms with Gasteiger partial charge in [0.25, 0.3) is 0 Å². The van der Waals surface area contributed by atoms with E-state index in [1.54, 1.807) is 30.3 Å². The Balaban J connectivity index is 1.87. The van der Waals surface area contributed by atoms with Crippen LogP contribution in [0.25, 0.3) is 0 Å². The molecule has 0 atom stereocenters. The number of nitrogens with two attached hydrogens (primary N) is 1. The molecule has 1 aliphatic carbocycles. The predicted octanol–water partition coefficient (Wildman–Crippen LogP) is 5.48. The molecule has 1 aliphatic rings. The lowest BCUT2D eigenvalue weighted by Crippen LogP contribution is -2.24. The summed E-state index contributed by atoms with van der Waals surface area (Å²) in [6.07, 6.45) is 0. The summed E-state index contributed by atoms with van der Waals surface area (Å²) in [5.74, 6) is -0.180. The van der Waals surface area contributed by atoms with Crippen LogP contribution in [0.4, 0.5) is 17.1 Å². The fraction of sp³-hybridized carbons (Fsp3) is 0.130. The molecule has 0 bridgehead atoms. The van der Waals surface area contributed by atoms with Gasteiger partial charge in [-0.3, -0.25) is 9.59 Å². The van der Waals surface area contributed by atoms with Crippen LogP contribution in [-0.4, -0.2) is 16.1 Å². The summed E-state index contributed by atoms with van der Waals surface area (Å²) in [7, 11) is 0. The van der Waals surface area contributed by atoms with Crippen molar-refractivity contribution in [1.29, 1.82) is 0 Å². The molecule has 0 heterocycles. The zero-order valence-electron chi connectivity index (χ0n) is 16.0. The number of nitrogens with one attached hydrogen (secondary N) is 1. The average molecular weight is 404 g/mol. The maximum atomic E-state index is 13.2. The quantitative estimate of drug-likeness (QED) is 0.308. The topological polar surface area (TPSA) is 92.4 Å². The Morgan fingerprint density at radius 1 is 0.931 bits per heavy atom. The van der Waals surface area contributed by atoms with Crippen molar-refractivity contribution in [2.75, 3.05) is 11.1 Å². The lowest BCUT2D eigenvalue weighted by molar-refractivity contribution is 0.0980. The van der Waals surface area contributed by atoms with Gasteiger partial charge in [-0.25, -0.2) is 0 Å². The molecule has 4 rings (SSSR count). The van der Waals surface area contributed by atoms with E-state index >= 15 is 0 Å². The first-order chi connectivity index (χ1) is 13.9. The van der Waals surface area contributed by atoms with Gasteiger partial charge in [-0.15, -0.1) is 0 Å². The number of fused-ring (bicyclic) bond motifs is 2. The van der Waals surface area contributed by atoms with Crippen LogP contribution in [0, 0.1) is 0 Å². The molecule has 0 radical (unpaired) electrons. The normalized spacial score (nSPS) is 12.7. The summed E-state index contributed by atoms with van der Waals surface area (Å²) in [6.45, 7) is 4.23. The van der Waals surface area contributed by atoms with Gasteiger partial charge >= 0.3 is 0 Å². The molecule has 6 heteroatoms.